The van der Waals surface area contributed by atoms with Gasteiger partial charge >= 0.3 is 46.4 Å². The molecule has 0 atom stereocenters. The van der Waals surface area contributed by atoms with Gasteiger partial charge in [-0.25, -0.2) is 0 Å². The first-order valence-electron chi connectivity index (χ1n) is 1.80. The van der Waals surface area contributed by atoms with Crippen LogP contribution in [0.4, 0.5) is 4.79 Å². The van der Waals surface area contributed by atoms with Crippen LogP contribution in [-0.2, 0) is 0 Å². The average molecular weight is 163 g/mol. The van der Waals surface area contributed by atoms with E-state index in [1.54, 1.807) is 0 Å². The van der Waals surface area contributed by atoms with Gasteiger partial charge in [0.05, 0.1) is 0 Å². The number of carbonyl (C=O) groups excluding carboxylic acids is 1. The topological polar surface area (TPSA) is 53.0 Å². The van der Waals surface area contributed by atoms with Gasteiger partial charge in [-0.05, 0) is 0 Å². The molecule has 38 valence electrons. The summed E-state index contributed by atoms with van der Waals surface area (Å²) in [5.74, 6) is 0.380. The van der Waals surface area contributed by atoms with Crippen molar-refractivity contribution in [2.24, 2.45) is 0 Å². The van der Waals surface area contributed by atoms with Gasteiger partial charge in [0.1, 0.15) is 0 Å². The van der Waals surface area contributed by atoms with E-state index in [-0.39, 0.29) is 19.8 Å². The molecule has 0 radical (unpaired) electrons. The average Bonchev–Trinajstić information content (AvgIpc) is 1.87. The Balaban J connectivity index is 2.55. The molecular weight excluding hydrogens is 159 g/mol. The molecule has 1 aliphatic heterocycles. The molecule has 1 aliphatic rings. The molecule has 1 fully saturated rings. The Morgan fingerprint density at radius 2 is 2.57 bits per heavy atom. The summed E-state index contributed by atoms with van der Waals surface area (Å²) in [6, 6.07) is 0. The molecule has 7 heavy (non-hydrogen) atoms. The summed E-state index contributed by atoms with van der Waals surface area (Å²) in [5, 5.41) is 9.91. The van der Waals surface area contributed by atoms with Crippen LogP contribution in [0.3, 0.4) is 0 Å². The molecule has 0 aromatic heterocycles. The predicted octanol–water partition coefficient (Wildman–Crippen LogP) is -0.191. The van der Waals surface area contributed by atoms with Crippen molar-refractivity contribution >= 4 is 25.6 Å². The summed E-state index contributed by atoms with van der Waals surface area (Å²) in [7, 11) is 0. The third-order valence-corrected chi connectivity index (χ3v) is 2.27. The maximum atomic E-state index is 10.2. The summed E-state index contributed by atoms with van der Waals surface area (Å²) < 4.78 is 0. The summed E-state index contributed by atoms with van der Waals surface area (Å²) in [5.41, 5.74) is 0. The number of carbonyl (C=O) groups is 1. The van der Waals surface area contributed by atoms with E-state index in [0.29, 0.717) is 11.2 Å². The number of amidine groups is 1. The van der Waals surface area contributed by atoms with Crippen LogP contribution in [0.5, 0.6) is 0 Å². The van der Waals surface area contributed by atoms with E-state index in [1.807, 2.05) is 0 Å². The van der Waals surface area contributed by atoms with Crippen LogP contribution in [-0.4, -0.2) is 25.6 Å². The van der Waals surface area contributed by atoms with Crippen LogP contribution in [0.15, 0.2) is 0 Å². The molecule has 2 N–H and O–H groups in total. The Bertz CT molecular complexity index is 108. The molecule has 0 aliphatic carbocycles. The molecule has 3 nitrogen and oxygen atoms in total. The van der Waals surface area contributed by atoms with Gasteiger partial charge < -0.3 is 0 Å². The minimum atomic E-state index is 0.0249. The molecule has 0 spiro atoms. The van der Waals surface area contributed by atoms with Crippen molar-refractivity contribution in [3.63, 3.8) is 0 Å². The molecule has 0 aromatic rings. The van der Waals surface area contributed by atoms with Gasteiger partial charge in [0, 0.05) is 0 Å². The van der Waals surface area contributed by atoms with Gasteiger partial charge in [-0.2, -0.15) is 0 Å². The van der Waals surface area contributed by atoms with E-state index in [4.69, 9.17) is 5.41 Å². The Kier molecular flexibility index (Phi) is 1.13. The summed E-state index contributed by atoms with van der Waals surface area (Å²) >= 11 is 0.0249. The molecule has 0 aromatic carbocycles. The van der Waals surface area contributed by atoms with E-state index in [9.17, 15) is 4.79 Å². The molecular formula is C3H4N2OSe. The zero-order valence-corrected chi connectivity index (χ0v) is 5.24. The Hall–Kier alpha value is -0.341. The predicted molar refractivity (Wildman–Crippen MR) is 26.8 cm³/mol. The molecule has 1 rings (SSSR count). The monoisotopic (exact) mass is 164 g/mol. The van der Waals surface area contributed by atoms with Gasteiger partial charge in [0.2, 0.25) is 0 Å². The van der Waals surface area contributed by atoms with Crippen LogP contribution in [0.1, 0.15) is 0 Å². The van der Waals surface area contributed by atoms with E-state index in [2.05, 4.69) is 5.32 Å². The second-order valence-corrected chi connectivity index (χ2v) is 3.17. The summed E-state index contributed by atoms with van der Waals surface area (Å²) in [6.07, 6.45) is 0. The molecule has 1 amide bonds. The fraction of sp³-hybridized carbons (Fsp3) is 0.333. The first-order valence-corrected chi connectivity index (χ1v) is 3.87. The summed E-state index contributed by atoms with van der Waals surface area (Å²) in [4.78, 5) is 10.3. The van der Waals surface area contributed by atoms with E-state index < -0.39 is 0 Å². The standard InChI is InChI=1S/C3H4N2OSe/c4-2-1-7-3(6)5-2/h1H2,(H2,4,5,6). The van der Waals surface area contributed by atoms with Crippen molar-refractivity contribution in [3.05, 3.63) is 0 Å². The summed E-state index contributed by atoms with van der Waals surface area (Å²) in [6.45, 7) is 0. The van der Waals surface area contributed by atoms with E-state index in [1.165, 1.54) is 0 Å². The Labute approximate surface area is 47.1 Å². The van der Waals surface area contributed by atoms with Crippen molar-refractivity contribution in [3.8, 4) is 0 Å². The first-order chi connectivity index (χ1) is 3.29. The zero-order chi connectivity index (χ0) is 5.28. The van der Waals surface area contributed by atoms with Crippen LogP contribution in [0.25, 0.3) is 0 Å². The molecule has 1 heterocycles. The van der Waals surface area contributed by atoms with Crippen molar-refractivity contribution in [2.45, 2.75) is 5.32 Å². The fourth-order valence-corrected chi connectivity index (χ4v) is 1.47. The number of rotatable bonds is 0. The van der Waals surface area contributed by atoms with Crippen molar-refractivity contribution in [2.75, 3.05) is 0 Å². The maximum absolute atomic E-state index is 10.2. The Morgan fingerprint density at radius 3 is 2.71 bits per heavy atom. The van der Waals surface area contributed by atoms with Crippen LogP contribution in [0.2, 0.25) is 5.32 Å². The van der Waals surface area contributed by atoms with Gasteiger partial charge in [-0.15, -0.1) is 0 Å². The molecule has 1 saturated heterocycles. The van der Waals surface area contributed by atoms with Gasteiger partial charge in [0.15, 0.2) is 0 Å². The van der Waals surface area contributed by atoms with Gasteiger partial charge in [-0.3, -0.25) is 0 Å². The van der Waals surface area contributed by atoms with E-state index in [0.717, 1.165) is 0 Å². The van der Waals surface area contributed by atoms with Gasteiger partial charge in [-0.1, -0.05) is 0 Å². The molecule has 4 heteroatoms. The van der Waals surface area contributed by atoms with Crippen LogP contribution < -0.4 is 5.32 Å². The molecule has 0 unspecified atom stereocenters. The molecule has 0 saturated carbocycles. The second-order valence-electron chi connectivity index (χ2n) is 1.18. The first kappa shape index (κ1) is 4.81. The van der Waals surface area contributed by atoms with Crippen LogP contribution >= 0.6 is 0 Å². The number of hydrogen-bond donors (Lipinski definition) is 2. The normalized spacial score (nSPS) is 20.0. The second kappa shape index (κ2) is 1.64. The number of amides is 1. The number of hydrogen-bond acceptors (Lipinski definition) is 2. The van der Waals surface area contributed by atoms with Crippen molar-refractivity contribution in [1.29, 1.82) is 5.41 Å². The third kappa shape index (κ3) is 1.01. The zero-order valence-electron chi connectivity index (χ0n) is 3.52. The fourth-order valence-electron chi connectivity index (χ4n) is 0.333. The minimum absolute atomic E-state index is 0.0249. The quantitative estimate of drug-likeness (QED) is 0.477. The molecule has 0 bridgehead atoms. The Morgan fingerprint density at radius 1 is 1.86 bits per heavy atom. The number of nitrogens with one attached hydrogen (secondary N) is 2. The van der Waals surface area contributed by atoms with Crippen molar-refractivity contribution in [1.82, 2.24) is 5.32 Å². The van der Waals surface area contributed by atoms with Crippen molar-refractivity contribution < 1.29 is 4.79 Å². The third-order valence-electron chi connectivity index (χ3n) is 0.601. The van der Waals surface area contributed by atoms with Crippen LogP contribution in [0, 0.1) is 5.41 Å². The van der Waals surface area contributed by atoms with Gasteiger partial charge in [0.25, 0.3) is 0 Å². The SMILES string of the molecule is N=C1C[Se]C(=O)N1. The van der Waals surface area contributed by atoms with E-state index >= 15 is 0 Å².